The van der Waals surface area contributed by atoms with Gasteiger partial charge in [0, 0.05) is 7.05 Å². The summed E-state index contributed by atoms with van der Waals surface area (Å²) in [5, 5.41) is 8.63. The van der Waals surface area contributed by atoms with E-state index in [-0.39, 0.29) is 0 Å². The summed E-state index contributed by atoms with van der Waals surface area (Å²) in [7, 11) is 1.99. The van der Waals surface area contributed by atoms with Crippen LogP contribution in [0.4, 0.5) is 0 Å². The van der Waals surface area contributed by atoms with Crippen LogP contribution in [0.25, 0.3) is 0 Å². The molecule has 5 nitrogen and oxygen atoms in total. The molecule has 0 amide bonds. The number of rotatable bonds is 4. The number of aryl methyl sites for hydroxylation is 1. The Morgan fingerprint density at radius 1 is 1.44 bits per heavy atom. The first-order chi connectivity index (χ1) is 7.81. The van der Waals surface area contributed by atoms with Crippen LogP contribution in [-0.2, 0) is 20.0 Å². The van der Waals surface area contributed by atoms with Crippen LogP contribution < -0.4 is 0 Å². The van der Waals surface area contributed by atoms with Crippen molar-refractivity contribution in [1.82, 2.24) is 24.5 Å². The third-order valence-electron chi connectivity index (χ3n) is 3.01. The molecule has 0 bridgehead atoms. The van der Waals surface area contributed by atoms with Crippen molar-refractivity contribution in [2.75, 3.05) is 0 Å². The molecule has 3 rings (SSSR count). The monoisotopic (exact) mass is 217 g/mol. The van der Waals surface area contributed by atoms with E-state index in [1.165, 1.54) is 24.2 Å². The minimum absolute atomic E-state index is 0.744. The summed E-state index contributed by atoms with van der Waals surface area (Å²) in [5.74, 6) is 0.883. The predicted octanol–water partition coefficient (Wildman–Crippen LogP) is 1.01. The molecule has 84 valence electrons. The first kappa shape index (κ1) is 9.57. The van der Waals surface area contributed by atoms with Crippen molar-refractivity contribution in [3.63, 3.8) is 0 Å². The fourth-order valence-corrected chi connectivity index (χ4v) is 1.92. The normalized spacial score (nSPS) is 15.6. The van der Waals surface area contributed by atoms with Crippen molar-refractivity contribution in [3.8, 4) is 0 Å². The summed E-state index contributed by atoms with van der Waals surface area (Å²) in [6.07, 6.45) is 7.16. The molecule has 0 radical (unpaired) electrons. The molecule has 2 aromatic heterocycles. The van der Waals surface area contributed by atoms with Gasteiger partial charge >= 0.3 is 0 Å². The molecule has 1 aliphatic rings. The van der Waals surface area contributed by atoms with Gasteiger partial charge in [-0.15, -0.1) is 0 Å². The van der Waals surface area contributed by atoms with E-state index in [1.807, 2.05) is 16.4 Å². The summed E-state index contributed by atoms with van der Waals surface area (Å²) in [5.41, 5.74) is 2.39. The summed E-state index contributed by atoms with van der Waals surface area (Å²) >= 11 is 0. The Balaban J connectivity index is 1.75. The van der Waals surface area contributed by atoms with Gasteiger partial charge in [-0.05, 0) is 31.2 Å². The Labute approximate surface area is 94.1 Å². The average molecular weight is 217 g/mol. The molecule has 16 heavy (non-hydrogen) atoms. The maximum absolute atomic E-state index is 4.53. The zero-order chi connectivity index (χ0) is 11.0. The van der Waals surface area contributed by atoms with E-state index in [1.54, 1.807) is 12.7 Å². The van der Waals surface area contributed by atoms with Crippen molar-refractivity contribution in [2.24, 2.45) is 13.0 Å². The first-order valence-corrected chi connectivity index (χ1v) is 5.65. The smallest absolute Gasteiger partial charge is 0.137 e. The molecule has 1 aliphatic carbocycles. The molecule has 5 heteroatoms. The van der Waals surface area contributed by atoms with Crippen LogP contribution >= 0.6 is 0 Å². The number of hydrogen-bond acceptors (Lipinski definition) is 3. The van der Waals surface area contributed by atoms with Crippen molar-refractivity contribution in [1.29, 1.82) is 0 Å². The highest BCUT2D eigenvalue weighted by Gasteiger charge is 2.23. The Bertz CT molecular complexity index is 467. The lowest BCUT2D eigenvalue weighted by molar-refractivity contribution is 0.614. The van der Waals surface area contributed by atoms with Gasteiger partial charge in [0.25, 0.3) is 0 Å². The highest BCUT2D eigenvalue weighted by atomic mass is 15.3. The Hall–Kier alpha value is -1.65. The zero-order valence-corrected chi connectivity index (χ0v) is 9.37. The standard InChI is InChI=1S/C11H15N5/c1-15-11(6-16-8-12-7-13-16)5-10(14-15)4-9-2-3-9/h5,7-9H,2-4,6H2,1H3. The lowest BCUT2D eigenvalue weighted by Gasteiger charge is -1.99. The molecule has 2 heterocycles. The first-order valence-electron chi connectivity index (χ1n) is 5.65. The quantitative estimate of drug-likeness (QED) is 0.768. The van der Waals surface area contributed by atoms with Gasteiger partial charge in [-0.25, -0.2) is 9.67 Å². The van der Waals surface area contributed by atoms with Crippen LogP contribution in [0.3, 0.4) is 0 Å². The maximum Gasteiger partial charge on any atom is 0.137 e. The van der Waals surface area contributed by atoms with Crippen molar-refractivity contribution < 1.29 is 0 Å². The predicted molar refractivity (Wildman–Crippen MR) is 58.8 cm³/mol. The molecule has 1 fully saturated rings. The summed E-state index contributed by atoms with van der Waals surface area (Å²) in [6.45, 7) is 0.744. The van der Waals surface area contributed by atoms with E-state index < -0.39 is 0 Å². The van der Waals surface area contributed by atoms with Crippen molar-refractivity contribution in [3.05, 3.63) is 30.1 Å². The molecule has 0 aliphatic heterocycles. The molecule has 0 N–H and O–H groups in total. The molecule has 1 saturated carbocycles. The number of nitrogens with zero attached hydrogens (tertiary/aromatic N) is 5. The molecule has 0 atom stereocenters. The van der Waals surface area contributed by atoms with E-state index >= 15 is 0 Å². The van der Waals surface area contributed by atoms with Gasteiger partial charge in [-0.2, -0.15) is 10.2 Å². The van der Waals surface area contributed by atoms with E-state index in [0.29, 0.717) is 0 Å². The number of hydrogen-bond donors (Lipinski definition) is 0. The molecular weight excluding hydrogens is 202 g/mol. The molecule has 0 aromatic carbocycles. The van der Waals surface area contributed by atoms with Crippen LogP contribution in [0.15, 0.2) is 18.7 Å². The van der Waals surface area contributed by atoms with Crippen LogP contribution in [-0.4, -0.2) is 24.5 Å². The molecule has 0 saturated heterocycles. The summed E-state index contributed by atoms with van der Waals surface area (Å²) < 4.78 is 3.76. The third-order valence-corrected chi connectivity index (χ3v) is 3.01. The van der Waals surface area contributed by atoms with E-state index in [2.05, 4.69) is 21.2 Å². The van der Waals surface area contributed by atoms with E-state index in [4.69, 9.17) is 0 Å². The van der Waals surface area contributed by atoms with Gasteiger partial charge in [0.15, 0.2) is 0 Å². The van der Waals surface area contributed by atoms with Gasteiger partial charge in [-0.1, -0.05) is 0 Å². The van der Waals surface area contributed by atoms with Gasteiger partial charge in [0.05, 0.1) is 17.9 Å². The Morgan fingerprint density at radius 3 is 3.00 bits per heavy atom. The summed E-state index contributed by atoms with van der Waals surface area (Å²) in [4.78, 5) is 3.94. The van der Waals surface area contributed by atoms with Crippen LogP contribution in [0.5, 0.6) is 0 Å². The molecule has 0 unspecified atom stereocenters. The highest BCUT2D eigenvalue weighted by molar-refractivity contribution is 5.12. The minimum atomic E-state index is 0.744. The fourth-order valence-electron chi connectivity index (χ4n) is 1.92. The third kappa shape index (κ3) is 1.98. The zero-order valence-electron chi connectivity index (χ0n) is 9.37. The average Bonchev–Trinajstić information content (AvgIpc) is 2.79. The van der Waals surface area contributed by atoms with Crippen molar-refractivity contribution in [2.45, 2.75) is 25.8 Å². The van der Waals surface area contributed by atoms with Crippen LogP contribution in [0.2, 0.25) is 0 Å². The SMILES string of the molecule is Cn1nc(CC2CC2)cc1Cn1cncn1. The second kappa shape index (κ2) is 3.73. The summed E-state index contributed by atoms with van der Waals surface area (Å²) in [6, 6.07) is 2.18. The van der Waals surface area contributed by atoms with Gasteiger partial charge in [0.2, 0.25) is 0 Å². The van der Waals surface area contributed by atoms with E-state index in [9.17, 15) is 0 Å². The van der Waals surface area contributed by atoms with E-state index in [0.717, 1.165) is 18.9 Å². The Morgan fingerprint density at radius 2 is 2.31 bits per heavy atom. The van der Waals surface area contributed by atoms with Crippen LogP contribution in [0.1, 0.15) is 24.2 Å². The number of aromatic nitrogens is 5. The Kier molecular flexibility index (Phi) is 2.23. The van der Waals surface area contributed by atoms with Crippen molar-refractivity contribution >= 4 is 0 Å². The maximum atomic E-state index is 4.53. The second-order valence-electron chi connectivity index (χ2n) is 4.49. The lowest BCUT2D eigenvalue weighted by Crippen LogP contribution is -2.05. The second-order valence-corrected chi connectivity index (χ2v) is 4.49. The fraction of sp³-hybridized carbons (Fsp3) is 0.545. The van der Waals surface area contributed by atoms with Crippen LogP contribution in [0, 0.1) is 5.92 Å². The largest absolute Gasteiger partial charge is 0.270 e. The molecule has 0 spiro atoms. The molecular formula is C11H15N5. The lowest BCUT2D eigenvalue weighted by atomic mass is 10.2. The van der Waals surface area contributed by atoms with Gasteiger partial charge in [0.1, 0.15) is 12.7 Å². The van der Waals surface area contributed by atoms with Gasteiger partial charge < -0.3 is 0 Å². The molecule has 2 aromatic rings. The highest BCUT2D eigenvalue weighted by Crippen LogP contribution is 2.32. The topological polar surface area (TPSA) is 48.5 Å². The van der Waals surface area contributed by atoms with Gasteiger partial charge in [-0.3, -0.25) is 4.68 Å². The minimum Gasteiger partial charge on any atom is -0.270 e.